The van der Waals surface area contributed by atoms with Crippen molar-refractivity contribution in [3.8, 4) is 0 Å². The molecule has 2 rings (SSSR count). The van der Waals surface area contributed by atoms with Gasteiger partial charge in [-0.3, -0.25) is 14.4 Å². The predicted molar refractivity (Wildman–Crippen MR) is 81.5 cm³/mol. The van der Waals surface area contributed by atoms with Crippen molar-refractivity contribution in [2.45, 2.75) is 26.2 Å². The van der Waals surface area contributed by atoms with E-state index in [2.05, 4.69) is 5.32 Å². The molecule has 1 saturated heterocycles. The quantitative estimate of drug-likeness (QED) is 0.826. The first-order valence-corrected chi connectivity index (χ1v) is 7.40. The Kier molecular flexibility index (Phi) is 5.14. The summed E-state index contributed by atoms with van der Waals surface area (Å²) in [7, 11) is 0. The third kappa shape index (κ3) is 3.63. The first-order chi connectivity index (χ1) is 10.5. The standard InChI is InChI=1S/C16H20N2O4/c1-2-11-5-3-4-6-13(11)18-10-12(9-14(18)19)16(22)17-8-7-15(20)21/h3-6,12H,2,7-10H2,1H3,(H,17,22)(H,20,21). The lowest BCUT2D eigenvalue weighted by Crippen LogP contribution is -2.34. The van der Waals surface area contributed by atoms with E-state index in [1.54, 1.807) is 4.90 Å². The number of carbonyl (C=O) groups is 3. The molecule has 0 bridgehead atoms. The maximum Gasteiger partial charge on any atom is 0.305 e. The van der Waals surface area contributed by atoms with E-state index in [4.69, 9.17) is 5.11 Å². The van der Waals surface area contributed by atoms with Crippen molar-refractivity contribution in [2.24, 2.45) is 5.92 Å². The van der Waals surface area contributed by atoms with Gasteiger partial charge in [-0.2, -0.15) is 0 Å². The van der Waals surface area contributed by atoms with E-state index in [9.17, 15) is 14.4 Å². The van der Waals surface area contributed by atoms with Crippen LogP contribution in [0.15, 0.2) is 24.3 Å². The van der Waals surface area contributed by atoms with Crippen LogP contribution >= 0.6 is 0 Å². The molecule has 1 atom stereocenters. The van der Waals surface area contributed by atoms with Gasteiger partial charge in [0.1, 0.15) is 0 Å². The highest BCUT2D eigenvalue weighted by atomic mass is 16.4. The maximum atomic E-state index is 12.2. The zero-order chi connectivity index (χ0) is 16.1. The van der Waals surface area contributed by atoms with Gasteiger partial charge in [-0.1, -0.05) is 25.1 Å². The fraction of sp³-hybridized carbons (Fsp3) is 0.438. The smallest absolute Gasteiger partial charge is 0.305 e. The molecule has 22 heavy (non-hydrogen) atoms. The van der Waals surface area contributed by atoms with Crippen molar-refractivity contribution in [1.29, 1.82) is 0 Å². The zero-order valence-corrected chi connectivity index (χ0v) is 12.5. The molecule has 118 valence electrons. The van der Waals surface area contributed by atoms with Crippen LogP contribution in [-0.2, 0) is 20.8 Å². The number of carboxylic acid groups (broad SMARTS) is 1. The van der Waals surface area contributed by atoms with Crippen LogP contribution in [0.2, 0.25) is 0 Å². The third-order valence-corrected chi connectivity index (χ3v) is 3.80. The minimum Gasteiger partial charge on any atom is -0.481 e. The number of nitrogens with zero attached hydrogens (tertiary/aromatic N) is 1. The van der Waals surface area contributed by atoms with Gasteiger partial charge < -0.3 is 15.3 Å². The van der Waals surface area contributed by atoms with Gasteiger partial charge in [-0.05, 0) is 18.1 Å². The molecule has 1 unspecified atom stereocenters. The average Bonchev–Trinajstić information content (AvgIpc) is 2.88. The summed E-state index contributed by atoms with van der Waals surface area (Å²) in [5.74, 6) is -1.71. The third-order valence-electron chi connectivity index (χ3n) is 3.80. The van der Waals surface area contributed by atoms with Gasteiger partial charge in [-0.25, -0.2) is 0 Å². The van der Waals surface area contributed by atoms with Crippen LogP contribution < -0.4 is 10.2 Å². The number of benzene rings is 1. The van der Waals surface area contributed by atoms with E-state index in [-0.39, 0.29) is 31.2 Å². The van der Waals surface area contributed by atoms with Crippen molar-refractivity contribution >= 4 is 23.5 Å². The van der Waals surface area contributed by atoms with Crippen LogP contribution in [0.5, 0.6) is 0 Å². The summed E-state index contributed by atoms with van der Waals surface area (Å²) >= 11 is 0. The molecular formula is C16H20N2O4. The molecule has 2 amide bonds. The van der Waals surface area contributed by atoms with Gasteiger partial charge in [0.25, 0.3) is 0 Å². The van der Waals surface area contributed by atoms with Crippen molar-refractivity contribution < 1.29 is 19.5 Å². The maximum absolute atomic E-state index is 12.2. The predicted octanol–water partition coefficient (Wildman–Crippen LogP) is 1.19. The molecule has 2 N–H and O–H groups in total. The normalized spacial score (nSPS) is 17.6. The monoisotopic (exact) mass is 304 g/mol. The largest absolute Gasteiger partial charge is 0.481 e. The molecule has 0 saturated carbocycles. The second-order valence-electron chi connectivity index (χ2n) is 5.32. The molecule has 1 aliphatic heterocycles. The summed E-state index contributed by atoms with van der Waals surface area (Å²) in [6, 6.07) is 7.67. The number of amides is 2. The summed E-state index contributed by atoms with van der Waals surface area (Å²) in [4.78, 5) is 36.3. The number of aryl methyl sites for hydroxylation is 1. The minimum absolute atomic E-state index is 0.0701. The number of nitrogens with one attached hydrogen (secondary N) is 1. The van der Waals surface area contributed by atoms with Gasteiger partial charge in [0, 0.05) is 25.2 Å². The van der Waals surface area contributed by atoms with E-state index in [0.29, 0.717) is 6.54 Å². The summed E-state index contributed by atoms with van der Waals surface area (Å²) in [5.41, 5.74) is 1.93. The molecule has 0 aliphatic carbocycles. The second-order valence-corrected chi connectivity index (χ2v) is 5.32. The summed E-state index contributed by atoms with van der Waals surface area (Å²) in [6.45, 7) is 2.45. The Hall–Kier alpha value is -2.37. The van der Waals surface area contributed by atoms with Gasteiger partial charge in [-0.15, -0.1) is 0 Å². The van der Waals surface area contributed by atoms with E-state index in [0.717, 1.165) is 17.7 Å². The summed E-state index contributed by atoms with van der Waals surface area (Å²) < 4.78 is 0. The number of hydrogen-bond donors (Lipinski definition) is 2. The second kappa shape index (κ2) is 7.06. The highest BCUT2D eigenvalue weighted by Crippen LogP contribution is 2.28. The molecule has 0 radical (unpaired) electrons. The van der Waals surface area contributed by atoms with Crippen LogP contribution in [0.3, 0.4) is 0 Å². The van der Waals surface area contributed by atoms with E-state index in [1.165, 1.54) is 0 Å². The SMILES string of the molecule is CCc1ccccc1N1CC(C(=O)NCCC(=O)O)CC1=O. The number of hydrogen-bond acceptors (Lipinski definition) is 3. The molecule has 1 fully saturated rings. The number of carboxylic acids is 1. The van der Waals surface area contributed by atoms with E-state index >= 15 is 0 Å². The Morgan fingerprint density at radius 3 is 2.77 bits per heavy atom. The Morgan fingerprint density at radius 1 is 1.36 bits per heavy atom. The fourth-order valence-corrected chi connectivity index (χ4v) is 2.63. The molecule has 6 nitrogen and oxygen atoms in total. The van der Waals surface area contributed by atoms with Crippen molar-refractivity contribution in [1.82, 2.24) is 5.32 Å². The fourth-order valence-electron chi connectivity index (χ4n) is 2.63. The molecule has 0 aromatic heterocycles. The lowest BCUT2D eigenvalue weighted by Gasteiger charge is -2.19. The number of anilines is 1. The minimum atomic E-state index is -0.957. The van der Waals surface area contributed by atoms with Crippen LogP contribution in [0, 0.1) is 5.92 Å². The highest BCUT2D eigenvalue weighted by Gasteiger charge is 2.35. The molecule has 0 spiro atoms. The van der Waals surface area contributed by atoms with Gasteiger partial charge in [0.15, 0.2) is 0 Å². The van der Waals surface area contributed by atoms with Crippen molar-refractivity contribution in [3.05, 3.63) is 29.8 Å². The lowest BCUT2D eigenvalue weighted by molar-refractivity contribution is -0.137. The molecule has 1 aromatic rings. The van der Waals surface area contributed by atoms with Crippen molar-refractivity contribution in [3.63, 3.8) is 0 Å². The highest BCUT2D eigenvalue weighted by molar-refractivity contribution is 6.00. The molecule has 1 aliphatic rings. The summed E-state index contributed by atoms with van der Waals surface area (Å²) in [6.07, 6.45) is 0.862. The number of aliphatic carboxylic acids is 1. The first kappa shape index (κ1) is 16.0. The van der Waals surface area contributed by atoms with Gasteiger partial charge >= 0.3 is 5.97 Å². The van der Waals surface area contributed by atoms with E-state index in [1.807, 2.05) is 31.2 Å². The number of carbonyl (C=O) groups excluding carboxylic acids is 2. The van der Waals surface area contributed by atoms with E-state index < -0.39 is 11.9 Å². The molecular weight excluding hydrogens is 284 g/mol. The molecule has 1 heterocycles. The van der Waals surface area contributed by atoms with Crippen LogP contribution in [0.1, 0.15) is 25.3 Å². The topological polar surface area (TPSA) is 86.7 Å². The lowest BCUT2D eigenvalue weighted by atomic mass is 10.1. The van der Waals surface area contributed by atoms with Crippen LogP contribution in [0.25, 0.3) is 0 Å². The van der Waals surface area contributed by atoms with Gasteiger partial charge in [0.05, 0.1) is 12.3 Å². The average molecular weight is 304 g/mol. The van der Waals surface area contributed by atoms with Gasteiger partial charge in [0.2, 0.25) is 11.8 Å². The van der Waals surface area contributed by atoms with Crippen molar-refractivity contribution in [2.75, 3.05) is 18.0 Å². The molecule has 6 heteroatoms. The number of para-hydroxylation sites is 1. The number of rotatable bonds is 6. The Bertz CT molecular complexity index is 585. The summed E-state index contributed by atoms with van der Waals surface area (Å²) in [5, 5.41) is 11.1. The Balaban J connectivity index is 2.01. The van der Waals surface area contributed by atoms with Crippen LogP contribution in [-0.4, -0.2) is 36.0 Å². The zero-order valence-electron chi connectivity index (χ0n) is 12.5. The Morgan fingerprint density at radius 2 is 2.09 bits per heavy atom. The van der Waals surface area contributed by atoms with Crippen LogP contribution in [0.4, 0.5) is 5.69 Å². The first-order valence-electron chi connectivity index (χ1n) is 7.40. The molecule has 1 aromatic carbocycles. The Labute approximate surface area is 129 Å².